The first kappa shape index (κ1) is 17.8. The minimum atomic E-state index is -0.377. The first-order chi connectivity index (χ1) is 12.5. The third kappa shape index (κ3) is 3.22. The molecular weight excluding hydrogens is 336 g/mol. The van der Waals surface area contributed by atoms with E-state index < -0.39 is 0 Å². The maximum atomic E-state index is 12.4. The lowest BCUT2D eigenvalue weighted by atomic mass is 10.3. The number of methoxy groups -OCH3 is 1. The molecule has 0 saturated carbocycles. The minimum Gasteiger partial charge on any atom is -0.493 e. The van der Waals surface area contributed by atoms with E-state index in [2.05, 4.69) is 4.98 Å². The Morgan fingerprint density at radius 3 is 2.50 bits per heavy atom. The first-order valence-electron chi connectivity index (χ1n) is 8.41. The quantitative estimate of drug-likeness (QED) is 0.595. The zero-order valence-electron chi connectivity index (χ0n) is 15.1. The van der Waals surface area contributed by atoms with Gasteiger partial charge in [0, 0.05) is 20.6 Å². The number of unbranched alkanes of at least 4 members (excludes halogenated alkanes) is 1. The van der Waals surface area contributed by atoms with Crippen LogP contribution in [0.2, 0.25) is 0 Å². The molecule has 0 spiro atoms. The summed E-state index contributed by atoms with van der Waals surface area (Å²) in [7, 11) is 4.70. The van der Waals surface area contributed by atoms with Crippen LogP contribution in [0.5, 0.6) is 11.5 Å². The van der Waals surface area contributed by atoms with Crippen LogP contribution in [0.4, 0.5) is 0 Å². The summed E-state index contributed by atoms with van der Waals surface area (Å²) in [6.45, 7) is 1.17. The van der Waals surface area contributed by atoms with Crippen LogP contribution in [0.15, 0.2) is 40.2 Å². The molecule has 0 aliphatic heterocycles. The van der Waals surface area contributed by atoms with Gasteiger partial charge < -0.3 is 14.0 Å². The number of imidazole rings is 1. The molecule has 26 heavy (non-hydrogen) atoms. The van der Waals surface area contributed by atoms with E-state index in [1.54, 1.807) is 25.1 Å². The summed E-state index contributed by atoms with van der Waals surface area (Å²) in [6, 6.07) is 7.51. The predicted octanol–water partition coefficient (Wildman–Crippen LogP) is 1.30. The highest BCUT2D eigenvalue weighted by atomic mass is 16.5. The molecule has 3 aromatic rings. The van der Waals surface area contributed by atoms with Crippen molar-refractivity contribution >= 4 is 11.2 Å². The van der Waals surface area contributed by atoms with Gasteiger partial charge in [0.2, 0.25) is 0 Å². The molecule has 2 aromatic heterocycles. The van der Waals surface area contributed by atoms with Crippen LogP contribution in [0.3, 0.4) is 0 Å². The van der Waals surface area contributed by atoms with Crippen molar-refractivity contribution in [3.63, 3.8) is 0 Å². The Hall–Kier alpha value is -3.03. The van der Waals surface area contributed by atoms with Crippen LogP contribution < -0.4 is 20.7 Å². The van der Waals surface area contributed by atoms with Crippen molar-refractivity contribution in [3.8, 4) is 11.5 Å². The van der Waals surface area contributed by atoms with Crippen LogP contribution in [0.25, 0.3) is 11.2 Å². The number of benzene rings is 1. The van der Waals surface area contributed by atoms with Gasteiger partial charge in [0.05, 0.1) is 20.0 Å². The van der Waals surface area contributed by atoms with Crippen molar-refractivity contribution in [1.82, 2.24) is 18.7 Å². The second-order valence-electron chi connectivity index (χ2n) is 6.02. The summed E-state index contributed by atoms with van der Waals surface area (Å²) in [4.78, 5) is 28.5. The molecule has 1 aromatic carbocycles. The van der Waals surface area contributed by atoms with Crippen molar-refractivity contribution in [2.24, 2.45) is 14.1 Å². The van der Waals surface area contributed by atoms with E-state index in [9.17, 15) is 9.59 Å². The number of aromatic nitrogens is 4. The highest BCUT2D eigenvalue weighted by Gasteiger charge is 2.13. The lowest BCUT2D eigenvalue weighted by molar-refractivity contribution is 0.284. The van der Waals surface area contributed by atoms with Gasteiger partial charge in [-0.1, -0.05) is 12.1 Å². The molecule has 0 radical (unpaired) electrons. The van der Waals surface area contributed by atoms with Crippen LogP contribution in [0.1, 0.15) is 12.8 Å². The average molecular weight is 358 g/mol. The fourth-order valence-corrected chi connectivity index (χ4v) is 2.87. The molecule has 138 valence electrons. The average Bonchev–Trinajstić information content (AvgIpc) is 3.08. The number of nitrogens with zero attached hydrogens (tertiary/aromatic N) is 4. The molecular formula is C18H22N4O4. The van der Waals surface area contributed by atoms with E-state index >= 15 is 0 Å². The molecule has 0 atom stereocenters. The highest BCUT2D eigenvalue weighted by Crippen LogP contribution is 2.25. The predicted molar refractivity (Wildman–Crippen MR) is 97.9 cm³/mol. The lowest BCUT2D eigenvalue weighted by Gasteiger charge is -2.10. The molecule has 0 amide bonds. The Labute approximate surface area is 150 Å². The largest absolute Gasteiger partial charge is 0.493 e. The smallest absolute Gasteiger partial charge is 0.332 e. The van der Waals surface area contributed by atoms with Gasteiger partial charge in [-0.2, -0.15) is 0 Å². The second kappa shape index (κ2) is 7.47. The summed E-state index contributed by atoms with van der Waals surface area (Å²) in [5, 5.41) is 0. The SMILES string of the molecule is COc1ccccc1OCCCCn1cnc2c1c(=O)n(C)c(=O)n2C. The number of rotatable bonds is 7. The Morgan fingerprint density at radius 1 is 1.04 bits per heavy atom. The molecule has 0 saturated heterocycles. The van der Waals surface area contributed by atoms with Gasteiger partial charge in [-0.25, -0.2) is 9.78 Å². The van der Waals surface area contributed by atoms with Crippen LogP contribution in [-0.2, 0) is 20.6 Å². The fraction of sp³-hybridized carbons (Fsp3) is 0.389. The third-order valence-corrected chi connectivity index (χ3v) is 4.34. The van der Waals surface area contributed by atoms with Crippen molar-refractivity contribution in [2.75, 3.05) is 13.7 Å². The van der Waals surface area contributed by atoms with Crippen LogP contribution >= 0.6 is 0 Å². The van der Waals surface area contributed by atoms with Gasteiger partial charge >= 0.3 is 5.69 Å². The van der Waals surface area contributed by atoms with Gasteiger partial charge in [0.25, 0.3) is 5.56 Å². The molecule has 2 heterocycles. The Balaban J connectivity index is 1.64. The van der Waals surface area contributed by atoms with E-state index in [0.29, 0.717) is 35.8 Å². The van der Waals surface area contributed by atoms with Crippen LogP contribution in [0, 0.1) is 0 Å². The third-order valence-electron chi connectivity index (χ3n) is 4.34. The number of hydrogen-bond donors (Lipinski definition) is 0. The van der Waals surface area contributed by atoms with E-state index in [1.165, 1.54) is 11.6 Å². The molecule has 0 bridgehead atoms. The summed E-state index contributed by atoms with van der Waals surface area (Å²) in [5.41, 5.74) is 0.146. The molecule has 0 N–H and O–H groups in total. The van der Waals surface area contributed by atoms with E-state index in [0.717, 1.165) is 17.4 Å². The Morgan fingerprint density at radius 2 is 1.77 bits per heavy atom. The maximum absolute atomic E-state index is 12.4. The molecule has 0 fully saturated rings. The zero-order valence-corrected chi connectivity index (χ0v) is 15.1. The number of para-hydroxylation sites is 2. The number of ether oxygens (including phenoxy) is 2. The topological polar surface area (TPSA) is 80.3 Å². The van der Waals surface area contributed by atoms with Gasteiger partial charge in [0.1, 0.15) is 0 Å². The summed E-state index contributed by atoms with van der Waals surface area (Å²) in [6.07, 6.45) is 3.23. The van der Waals surface area contributed by atoms with Gasteiger partial charge in [-0.15, -0.1) is 0 Å². The highest BCUT2D eigenvalue weighted by molar-refractivity contribution is 5.69. The summed E-state index contributed by atoms with van der Waals surface area (Å²) in [5.74, 6) is 1.42. The van der Waals surface area contributed by atoms with E-state index in [4.69, 9.17) is 9.47 Å². The van der Waals surface area contributed by atoms with Crippen LogP contribution in [-0.4, -0.2) is 32.4 Å². The zero-order chi connectivity index (χ0) is 18.7. The standard InChI is InChI=1S/C18H22N4O4/c1-20-16-15(17(23)21(2)18(20)24)22(12-19-16)10-6-7-11-26-14-9-5-4-8-13(14)25-3/h4-5,8-9,12H,6-7,10-11H2,1-3H3. The molecule has 0 aliphatic carbocycles. The molecule has 8 nitrogen and oxygen atoms in total. The maximum Gasteiger partial charge on any atom is 0.332 e. The van der Waals surface area contributed by atoms with Gasteiger partial charge in [-0.3, -0.25) is 13.9 Å². The molecule has 0 unspecified atom stereocenters. The molecule has 3 rings (SSSR count). The number of aryl methyl sites for hydroxylation is 2. The molecule has 0 aliphatic rings. The minimum absolute atomic E-state index is 0.328. The second-order valence-corrected chi connectivity index (χ2v) is 6.02. The Bertz CT molecular complexity index is 1030. The Kier molecular flexibility index (Phi) is 5.11. The van der Waals surface area contributed by atoms with Crippen molar-refractivity contribution < 1.29 is 9.47 Å². The summed E-state index contributed by atoms with van der Waals surface area (Å²) >= 11 is 0. The number of hydrogen-bond acceptors (Lipinski definition) is 5. The molecule has 8 heteroatoms. The lowest BCUT2D eigenvalue weighted by Crippen LogP contribution is -2.37. The van der Waals surface area contributed by atoms with E-state index in [1.807, 2.05) is 24.3 Å². The van der Waals surface area contributed by atoms with E-state index in [-0.39, 0.29) is 11.2 Å². The van der Waals surface area contributed by atoms with Crippen molar-refractivity contribution in [1.29, 1.82) is 0 Å². The van der Waals surface area contributed by atoms with Gasteiger partial charge in [-0.05, 0) is 25.0 Å². The first-order valence-corrected chi connectivity index (χ1v) is 8.41. The van der Waals surface area contributed by atoms with Crippen molar-refractivity contribution in [3.05, 3.63) is 51.4 Å². The fourth-order valence-electron chi connectivity index (χ4n) is 2.87. The summed E-state index contributed by atoms with van der Waals surface area (Å²) < 4.78 is 15.3. The monoisotopic (exact) mass is 358 g/mol. The number of fused-ring (bicyclic) bond motifs is 1. The normalized spacial score (nSPS) is 11.0. The van der Waals surface area contributed by atoms with Gasteiger partial charge in [0.15, 0.2) is 22.7 Å². The van der Waals surface area contributed by atoms with Crippen molar-refractivity contribution in [2.45, 2.75) is 19.4 Å².